The fraction of sp³-hybridized carbons (Fsp3) is 0.625. The highest BCUT2D eigenvalue weighted by atomic mass is 16.5. The molecular formula is C16H26N2O2. The van der Waals surface area contributed by atoms with E-state index >= 15 is 0 Å². The van der Waals surface area contributed by atoms with Gasteiger partial charge in [0.2, 0.25) is 0 Å². The Labute approximate surface area is 121 Å². The molecule has 0 radical (unpaired) electrons. The van der Waals surface area contributed by atoms with Crippen LogP contribution in [0.3, 0.4) is 0 Å². The first-order valence-electron chi connectivity index (χ1n) is 7.43. The maximum Gasteiger partial charge on any atom is 0.0558 e. The zero-order valence-corrected chi connectivity index (χ0v) is 12.1. The molecule has 112 valence electrons. The van der Waals surface area contributed by atoms with Crippen LogP contribution in [0, 0.1) is 5.41 Å². The van der Waals surface area contributed by atoms with Gasteiger partial charge in [0, 0.05) is 38.2 Å². The Hall–Kier alpha value is -0.940. The third-order valence-corrected chi connectivity index (χ3v) is 4.06. The maximum absolute atomic E-state index is 9.30. The average Bonchev–Trinajstić information content (AvgIpc) is 2.49. The first kappa shape index (κ1) is 15.4. The number of benzene rings is 1. The van der Waals surface area contributed by atoms with E-state index in [1.165, 1.54) is 5.56 Å². The fourth-order valence-corrected chi connectivity index (χ4v) is 2.93. The molecule has 4 nitrogen and oxygen atoms in total. The SMILES string of the molecule is NCC1(CN(CCO)Cc2ccccc2)CCCOC1. The van der Waals surface area contributed by atoms with Crippen LogP contribution in [0.1, 0.15) is 18.4 Å². The molecule has 1 atom stereocenters. The molecule has 0 spiro atoms. The Morgan fingerprint density at radius 1 is 1.30 bits per heavy atom. The Morgan fingerprint density at radius 2 is 2.10 bits per heavy atom. The second-order valence-electron chi connectivity index (χ2n) is 5.78. The van der Waals surface area contributed by atoms with E-state index in [-0.39, 0.29) is 12.0 Å². The van der Waals surface area contributed by atoms with Crippen LogP contribution < -0.4 is 5.73 Å². The monoisotopic (exact) mass is 278 g/mol. The number of hydrogen-bond acceptors (Lipinski definition) is 4. The molecule has 1 heterocycles. The van der Waals surface area contributed by atoms with Gasteiger partial charge in [-0.2, -0.15) is 0 Å². The van der Waals surface area contributed by atoms with Gasteiger partial charge in [-0.05, 0) is 18.4 Å². The molecule has 1 unspecified atom stereocenters. The van der Waals surface area contributed by atoms with Gasteiger partial charge in [0.05, 0.1) is 13.2 Å². The molecule has 1 saturated heterocycles. The van der Waals surface area contributed by atoms with Gasteiger partial charge in [-0.1, -0.05) is 30.3 Å². The predicted octanol–water partition coefficient (Wildman–Crippen LogP) is 1.24. The van der Waals surface area contributed by atoms with Crippen molar-refractivity contribution in [3.8, 4) is 0 Å². The summed E-state index contributed by atoms with van der Waals surface area (Å²) in [6.07, 6.45) is 2.19. The largest absolute Gasteiger partial charge is 0.395 e. The number of hydrogen-bond donors (Lipinski definition) is 2. The fourth-order valence-electron chi connectivity index (χ4n) is 2.93. The van der Waals surface area contributed by atoms with Crippen LogP contribution in [0.25, 0.3) is 0 Å². The molecule has 1 aliphatic rings. The van der Waals surface area contributed by atoms with Crippen LogP contribution in [0.2, 0.25) is 0 Å². The Balaban J connectivity index is 2.00. The van der Waals surface area contributed by atoms with Crippen molar-refractivity contribution in [1.29, 1.82) is 0 Å². The van der Waals surface area contributed by atoms with E-state index in [0.717, 1.165) is 39.1 Å². The third kappa shape index (κ3) is 4.28. The summed E-state index contributed by atoms with van der Waals surface area (Å²) in [5.41, 5.74) is 7.32. The lowest BCUT2D eigenvalue weighted by molar-refractivity contribution is -0.0251. The van der Waals surface area contributed by atoms with Gasteiger partial charge in [0.1, 0.15) is 0 Å². The molecule has 3 N–H and O–H groups in total. The summed E-state index contributed by atoms with van der Waals surface area (Å²) in [5, 5.41) is 9.30. The highest BCUT2D eigenvalue weighted by Crippen LogP contribution is 2.29. The van der Waals surface area contributed by atoms with Crippen LogP contribution in [0.4, 0.5) is 0 Å². The van der Waals surface area contributed by atoms with Crippen molar-refractivity contribution in [3.63, 3.8) is 0 Å². The molecule has 1 aliphatic heterocycles. The Kier molecular flexibility index (Phi) is 5.98. The van der Waals surface area contributed by atoms with E-state index in [1.54, 1.807) is 0 Å². The van der Waals surface area contributed by atoms with Gasteiger partial charge in [0.25, 0.3) is 0 Å². The van der Waals surface area contributed by atoms with Crippen molar-refractivity contribution in [2.45, 2.75) is 19.4 Å². The first-order chi connectivity index (χ1) is 9.78. The summed E-state index contributed by atoms with van der Waals surface area (Å²) in [4.78, 5) is 2.29. The van der Waals surface area contributed by atoms with Crippen molar-refractivity contribution >= 4 is 0 Å². The molecule has 0 aliphatic carbocycles. The van der Waals surface area contributed by atoms with Crippen molar-refractivity contribution in [3.05, 3.63) is 35.9 Å². The molecule has 2 rings (SSSR count). The summed E-state index contributed by atoms with van der Waals surface area (Å²) < 4.78 is 5.64. The van der Waals surface area contributed by atoms with Gasteiger partial charge in [-0.25, -0.2) is 0 Å². The van der Waals surface area contributed by atoms with E-state index in [2.05, 4.69) is 29.2 Å². The Bertz CT molecular complexity index is 377. The van der Waals surface area contributed by atoms with Gasteiger partial charge in [-0.15, -0.1) is 0 Å². The minimum Gasteiger partial charge on any atom is -0.395 e. The van der Waals surface area contributed by atoms with Crippen LogP contribution in [-0.4, -0.2) is 49.5 Å². The molecule has 1 aromatic carbocycles. The summed E-state index contributed by atoms with van der Waals surface area (Å²) in [5.74, 6) is 0. The molecule has 1 fully saturated rings. The van der Waals surface area contributed by atoms with Crippen LogP contribution >= 0.6 is 0 Å². The Morgan fingerprint density at radius 3 is 2.70 bits per heavy atom. The molecule has 4 heteroatoms. The highest BCUT2D eigenvalue weighted by molar-refractivity contribution is 5.14. The van der Waals surface area contributed by atoms with Crippen molar-refractivity contribution in [2.75, 3.05) is 39.5 Å². The van der Waals surface area contributed by atoms with Crippen molar-refractivity contribution in [1.82, 2.24) is 4.90 Å². The topological polar surface area (TPSA) is 58.7 Å². The first-order valence-corrected chi connectivity index (χ1v) is 7.43. The number of aliphatic hydroxyl groups excluding tert-OH is 1. The third-order valence-electron chi connectivity index (χ3n) is 4.06. The normalized spacial score (nSPS) is 23.1. The summed E-state index contributed by atoms with van der Waals surface area (Å²) in [7, 11) is 0. The molecule has 1 aromatic rings. The number of nitrogens with two attached hydrogens (primary N) is 1. The lowest BCUT2D eigenvalue weighted by atomic mass is 9.82. The summed E-state index contributed by atoms with van der Waals surface area (Å²) in [6.45, 7) is 4.82. The average molecular weight is 278 g/mol. The molecule has 20 heavy (non-hydrogen) atoms. The van der Waals surface area contributed by atoms with Crippen LogP contribution in [0.5, 0.6) is 0 Å². The second-order valence-corrected chi connectivity index (χ2v) is 5.78. The molecule has 0 amide bonds. The lowest BCUT2D eigenvalue weighted by Gasteiger charge is -2.40. The van der Waals surface area contributed by atoms with Crippen LogP contribution in [-0.2, 0) is 11.3 Å². The summed E-state index contributed by atoms with van der Waals surface area (Å²) in [6, 6.07) is 10.4. The minimum atomic E-state index is 0.0438. The highest BCUT2D eigenvalue weighted by Gasteiger charge is 2.33. The van der Waals surface area contributed by atoms with Gasteiger partial charge >= 0.3 is 0 Å². The number of aliphatic hydroxyl groups is 1. The zero-order chi connectivity index (χ0) is 14.3. The summed E-state index contributed by atoms with van der Waals surface area (Å²) >= 11 is 0. The van der Waals surface area contributed by atoms with Crippen LogP contribution in [0.15, 0.2) is 30.3 Å². The standard InChI is InChI=1S/C16H26N2O2/c17-12-16(7-4-10-20-14-16)13-18(8-9-19)11-15-5-2-1-3-6-15/h1-3,5-6,19H,4,7-14,17H2. The van der Waals surface area contributed by atoms with E-state index in [4.69, 9.17) is 10.5 Å². The molecule has 0 saturated carbocycles. The maximum atomic E-state index is 9.30. The van der Waals surface area contributed by atoms with E-state index in [1.807, 2.05) is 6.07 Å². The minimum absolute atomic E-state index is 0.0438. The smallest absolute Gasteiger partial charge is 0.0558 e. The second kappa shape index (κ2) is 7.74. The predicted molar refractivity (Wildman–Crippen MR) is 80.3 cm³/mol. The molecular weight excluding hydrogens is 252 g/mol. The van der Waals surface area contributed by atoms with Gasteiger partial charge < -0.3 is 15.6 Å². The zero-order valence-electron chi connectivity index (χ0n) is 12.1. The molecule has 0 aromatic heterocycles. The van der Waals surface area contributed by atoms with Gasteiger partial charge in [-0.3, -0.25) is 4.90 Å². The van der Waals surface area contributed by atoms with E-state index in [0.29, 0.717) is 13.1 Å². The van der Waals surface area contributed by atoms with Crippen molar-refractivity contribution < 1.29 is 9.84 Å². The number of ether oxygens (including phenoxy) is 1. The quantitative estimate of drug-likeness (QED) is 0.788. The van der Waals surface area contributed by atoms with Crippen molar-refractivity contribution in [2.24, 2.45) is 11.1 Å². The lowest BCUT2D eigenvalue weighted by Crippen LogP contribution is -2.48. The number of nitrogens with zero attached hydrogens (tertiary/aromatic N) is 1. The van der Waals surface area contributed by atoms with Gasteiger partial charge in [0.15, 0.2) is 0 Å². The van der Waals surface area contributed by atoms with E-state index < -0.39 is 0 Å². The number of rotatable bonds is 7. The van der Waals surface area contributed by atoms with E-state index in [9.17, 15) is 5.11 Å². The molecule has 0 bridgehead atoms.